The number of amides is 1. The van der Waals surface area contributed by atoms with Crippen LogP contribution in [0, 0.1) is 13.8 Å². The van der Waals surface area contributed by atoms with Gasteiger partial charge < -0.3 is 5.32 Å². The molecule has 1 N–H and O–H groups in total. The Bertz CT molecular complexity index is 1210. The second kappa shape index (κ2) is 9.22. The number of benzene rings is 1. The van der Waals surface area contributed by atoms with Crippen molar-refractivity contribution in [3.63, 3.8) is 0 Å². The minimum Gasteiger partial charge on any atom is -0.348 e. The van der Waals surface area contributed by atoms with E-state index in [4.69, 9.17) is 0 Å². The Balaban J connectivity index is 1.42. The van der Waals surface area contributed by atoms with Gasteiger partial charge in [-0.3, -0.25) is 4.79 Å². The number of rotatable bonds is 6. The Hall–Kier alpha value is -3.04. The molecule has 1 saturated heterocycles. The van der Waals surface area contributed by atoms with Gasteiger partial charge in [-0.25, -0.2) is 18.1 Å². The highest BCUT2D eigenvalue weighted by molar-refractivity contribution is 7.89. The fraction of sp³-hybridized carbons (Fsp3) is 0.348. The molecule has 4 rings (SSSR count). The third kappa shape index (κ3) is 4.73. The van der Waals surface area contributed by atoms with Gasteiger partial charge >= 0.3 is 0 Å². The van der Waals surface area contributed by atoms with Gasteiger partial charge in [0.2, 0.25) is 10.0 Å². The summed E-state index contributed by atoms with van der Waals surface area (Å²) in [4.78, 5) is 17.2. The summed E-state index contributed by atoms with van der Waals surface area (Å²) in [5.74, 6) is 0.365. The van der Waals surface area contributed by atoms with Gasteiger partial charge in [0, 0.05) is 31.5 Å². The molecule has 1 amide bonds. The number of aryl methyl sites for hydroxylation is 2. The van der Waals surface area contributed by atoms with Crippen LogP contribution in [0.5, 0.6) is 0 Å². The van der Waals surface area contributed by atoms with Gasteiger partial charge in [0.15, 0.2) is 5.82 Å². The summed E-state index contributed by atoms with van der Waals surface area (Å²) in [5, 5.41) is 7.23. The molecule has 1 aliphatic heterocycles. The predicted molar refractivity (Wildman–Crippen MR) is 121 cm³/mol. The van der Waals surface area contributed by atoms with Gasteiger partial charge in [-0.05, 0) is 62.6 Å². The number of pyridine rings is 1. The summed E-state index contributed by atoms with van der Waals surface area (Å²) in [6.45, 7) is 5.20. The molecule has 0 radical (unpaired) electrons. The number of nitrogens with zero attached hydrogens (tertiary/aromatic N) is 4. The third-order valence-electron chi connectivity index (χ3n) is 5.54. The van der Waals surface area contributed by atoms with Crippen LogP contribution in [0.15, 0.2) is 53.6 Å². The van der Waals surface area contributed by atoms with Crippen molar-refractivity contribution >= 4 is 15.9 Å². The topological polar surface area (TPSA) is 97.2 Å². The minimum absolute atomic E-state index is 0.224. The highest BCUT2D eigenvalue weighted by Crippen LogP contribution is 2.21. The molecule has 0 aliphatic carbocycles. The summed E-state index contributed by atoms with van der Waals surface area (Å²) >= 11 is 0. The van der Waals surface area contributed by atoms with E-state index in [-0.39, 0.29) is 17.3 Å². The largest absolute Gasteiger partial charge is 0.348 e. The van der Waals surface area contributed by atoms with Crippen molar-refractivity contribution in [3.05, 3.63) is 71.2 Å². The maximum Gasteiger partial charge on any atom is 0.253 e. The Morgan fingerprint density at radius 3 is 2.50 bits per heavy atom. The lowest BCUT2D eigenvalue weighted by Gasteiger charge is -2.26. The Kier molecular flexibility index (Phi) is 6.38. The molecule has 1 aromatic carbocycles. The van der Waals surface area contributed by atoms with E-state index in [1.807, 2.05) is 19.9 Å². The van der Waals surface area contributed by atoms with Crippen molar-refractivity contribution in [2.45, 2.75) is 44.6 Å². The van der Waals surface area contributed by atoms with E-state index < -0.39 is 10.0 Å². The van der Waals surface area contributed by atoms with E-state index >= 15 is 0 Å². The van der Waals surface area contributed by atoms with Crippen LogP contribution in [0.3, 0.4) is 0 Å². The molecule has 1 fully saturated rings. The van der Waals surface area contributed by atoms with Crippen molar-refractivity contribution in [3.8, 4) is 5.82 Å². The van der Waals surface area contributed by atoms with Gasteiger partial charge in [0.1, 0.15) is 0 Å². The molecule has 2 aromatic heterocycles. The zero-order chi connectivity index (χ0) is 22.7. The van der Waals surface area contributed by atoms with E-state index in [0.29, 0.717) is 24.5 Å². The lowest BCUT2D eigenvalue weighted by molar-refractivity contribution is 0.0950. The van der Waals surface area contributed by atoms with E-state index in [2.05, 4.69) is 15.4 Å². The first kappa shape index (κ1) is 22.2. The Labute approximate surface area is 188 Å². The molecular weight excluding hydrogens is 426 g/mol. The number of sulfonamides is 1. The first-order chi connectivity index (χ1) is 15.3. The number of piperidine rings is 1. The Morgan fingerprint density at radius 2 is 1.84 bits per heavy atom. The molecule has 0 atom stereocenters. The van der Waals surface area contributed by atoms with Crippen LogP contribution in [-0.2, 0) is 16.6 Å². The number of hydrogen-bond donors (Lipinski definition) is 1. The summed E-state index contributed by atoms with van der Waals surface area (Å²) in [5.41, 5.74) is 3.01. The molecule has 168 valence electrons. The molecule has 1 aliphatic rings. The molecule has 32 heavy (non-hydrogen) atoms. The van der Waals surface area contributed by atoms with Gasteiger partial charge in [0.25, 0.3) is 5.91 Å². The van der Waals surface area contributed by atoms with Crippen LogP contribution in [0.1, 0.15) is 46.6 Å². The minimum atomic E-state index is -3.51. The smallest absolute Gasteiger partial charge is 0.253 e. The van der Waals surface area contributed by atoms with Crippen molar-refractivity contribution < 1.29 is 13.2 Å². The molecular formula is C23H27N5O3S. The zero-order valence-corrected chi connectivity index (χ0v) is 19.1. The fourth-order valence-electron chi connectivity index (χ4n) is 3.86. The quantitative estimate of drug-likeness (QED) is 0.619. The van der Waals surface area contributed by atoms with Crippen LogP contribution >= 0.6 is 0 Å². The zero-order valence-electron chi connectivity index (χ0n) is 18.3. The molecule has 0 spiro atoms. The SMILES string of the molecule is Cc1cc(C)n(-c2ccc(C(=O)NCc3cccc(S(=O)(=O)N4CCCCC4)c3)cn2)n1. The number of hydrogen-bond acceptors (Lipinski definition) is 5. The van der Waals surface area contributed by atoms with E-state index in [1.54, 1.807) is 45.4 Å². The highest BCUT2D eigenvalue weighted by atomic mass is 32.2. The average molecular weight is 454 g/mol. The Morgan fingerprint density at radius 1 is 1.06 bits per heavy atom. The molecule has 0 saturated carbocycles. The third-order valence-corrected chi connectivity index (χ3v) is 7.44. The summed E-state index contributed by atoms with van der Waals surface area (Å²) in [6, 6.07) is 12.2. The second-order valence-electron chi connectivity index (χ2n) is 8.04. The standard InChI is InChI=1S/C23H27N5O3S/c1-17-13-18(2)28(26-17)22-10-9-20(16-24-22)23(29)25-15-19-7-6-8-21(14-19)32(30,31)27-11-4-3-5-12-27/h6-10,13-14,16H,3-5,11-12,15H2,1-2H3,(H,25,29). The lowest BCUT2D eigenvalue weighted by Crippen LogP contribution is -2.35. The molecule has 3 aromatic rings. The van der Waals surface area contributed by atoms with E-state index in [0.717, 1.165) is 36.2 Å². The van der Waals surface area contributed by atoms with E-state index in [9.17, 15) is 13.2 Å². The lowest BCUT2D eigenvalue weighted by atomic mass is 10.2. The normalized spacial score (nSPS) is 14.9. The van der Waals surface area contributed by atoms with Crippen LogP contribution in [0.2, 0.25) is 0 Å². The van der Waals surface area contributed by atoms with Crippen molar-refractivity contribution in [1.29, 1.82) is 0 Å². The van der Waals surface area contributed by atoms with Crippen LogP contribution < -0.4 is 5.32 Å². The summed E-state index contributed by atoms with van der Waals surface area (Å²) in [6.07, 6.45) is 4.36. The molecule has 0 unspecified atom stereocenters. The molecule has 8 nitrogen and oxygen atoms in total. The van der Waals surface area contributed by atoms with Crippen molar-refractivity contribution in [1.82, 2.24) is 24.4 Å². The molecule has 3 heterocycles. The number of carbonyl (C=O) groups is 1. The van der Waals surface area contributed by atoms with Crippen molar-refractivity contribution in [2.24, 2.45) is 0 Å². The first-order valence-corrected chi connectivity index (χ1v) is 12.2. The second-order valence-corrected chi connectivity index (χ2v) is 9.98. The number of carbonyl (C=O) groups excluding carboxylic acids is 1. The summed E-state index contributed by atoms with van der Waals surface area (Å²) < 4.78 is 29.1. The van der Waals surface area contributed by atoms with Crippen molar-refractivity contribution in [2.75, 3.05) is 13.1 Å². The maximum absolute atomic E-state index is 12.9. The average Bonchev–Trinajstić information content (AvgIpc) is 3.16. The molecule has 0 bridgehead atoms. The number of nitrogens with one attached hydrogen (secondary N) is 1. The number of aromatic nitrogens is 3. The van der Waals surface area contributed by atoms with Gasteiger partial charge in [0.05, 0.1) is 16.2 Å². The predicted octanol–water partition coefficient (Wildman–Crippen LogP) is 2.99. The van der Waals surface area contributed by atoms with Gasteiger partial charge in [-0.15, -0.1) is 0 Å². The maximum atomic E-state index is 12.9. The van der Waals surface area contributed by atoms with Gasteiger partial charge in [-0.2, -0.15) is 9.40 Å². The van der Waals surface area contributed by atoms with Gasteiger partial charge in [-0.1, -0.05) is 18.6 Å². The fourth-order valence-corrected chi connectivity index (χ4v) is 5.45. The van der Waals surface area contributed by atoms with Crippen LogP contribution in [-0.4, -0.2) is 46.5 Å². The summed E-state index contributed by atoms with van der Waals surface area (Å²) in [7, 11) is -3.51. The van der Waals surface area contributed by atoms with Crippen LogP contribution in [0.25, 0.3) is 5.82 Å². The monoisotopic (exact) mass is 453 g/mol. The van der Waals surface area contributed by atoms with E-state index in [1.165, 1.54) is 6.20 Å². The molecule has 9 heteroatoms. The highest BCUT2D eigenvalue weighted by Gasteiger charge is 2.26. The van der Waals surface area contributed by atoms with Crippen LogP contribution in [0.4, 0.5) is 0 Å². The first-order valence-electron chi connectivity index (χ1n) is 10.7.